The maximum atomic E-state index is 8.79. The van der Waals surface area contributed by atoms with Crippen LogP contribution >= 0.6 is 0 Å². The van der Waals surface area contributed by atoms with Crippen molar-refractivity contribution in [2.24, 2.45) is 12.8 Å². The Labute approximate surface area is 144 Å². The van der Waals surface area contributed by atoms with E-state index in [1.165, 1.54) is 0 Å². The minimum absolute atomic E-state index is 0.351. The molecule has 0 bridgehead atoms. The van der Waals surface area contributed by atoms with E-state index in [4.69, 9.17) is 11.0 Å². The van der Waals surface area contributed by atoms with E-state index in [1.54, 1.807) is 35.4 Å². The molecule has 3 aromatic heterocycles. The Bertz CT molecular complexity index is 893. The molecule has 0 radical (unpaired) electrons. The van der Waals surface area contributed by atoms with Crippen molar-refractivity contribution < 1.29 is 0 Å². The van der Waals surface area contributed by atoms with Crippen molar-refractivity contribution in [3.8, 4) is 17.2 Å². The first-order chi connectivity index (χ1) is 12.2. The lowest BCUT2D eigenvalue weighted by Gasteiger charge is -2.11. The Hall–Kier alpha value is -3.51. The Morgan fingerprint density at radius 2 is 2.12 bits per heavy atom. The lowest BCUT2D eigenvalue weighted by atomic mass is 10.2. The minimum Gasteiger partial charge on any atom is -0.368 e. The van der Waals surface area contributed by atoms with Gasteiger partial charge in [0.05, 0.1) is 18.1 Å². The van der Waals surface area contributed by atoms with E-state index >= 15 is 0 Å². The SMILES string of the molecule is Cn1cc(-c2cnc(Nc3ccc(C#N)nc3)nc2NCCN)cn1. The van der Waals surface area contributed by atoms with Crippen molar-refractivity contribution in [2.75, 3.05) is 23.7 Å². The largest absolute Gasteiger partial charge is 0.368 e. The lowest BCUT2D eigenvalue weighted by molar-refractivity contribution is 0.768. The van der Waals surface area contributed by atoms with Gasteiger partial charge in [0.15, 0.2) is 0 Å². The lowest BCUT2D eigenvalue weighted by Crippen LogP contribution is -2.15. The molecule has 3 rings (SSSR count). The van der Waals surface area contributed by atoms with Crippen LogP contribution in [0.2, 0.25) is 0 Å². The molecule has 0 atom stereocenters. The van der Waals surface area contributed by atoms with Gasteiger partial charge < -0.3 is 16.4 Å². The summed E-state index contributed by atoms with van der Waals surface area (Å²) < 4.78 is 1.72. The summed E-state index contributed by atoms with van der Waals surface area (Å²) in [6.07, 6.45) is 6.93. The zero-order valence-corrected chi connectivity index (χ0v) is 13.6. The van der Waals surface area contributed by atoms with Gasteiger partial charge in [-0.2, -0.15) is 15.3 Å². The topological polar surface area (TPSA) is 130 Å². The van der Waals surface area contributed by atoms with Gasteiger partial charge in [-0.3, -0.25) is 4.68 Å². The van der Waals surface area contributed by atoms with Crippen molar-refractivity contribution in [3.05, 3.63) is 42.6 Å². The average molecular weight is 335 g/mol. The fourth-order valence-corrected chi connectivity index (χ4v) is 2.20. The van der Waals surface area contributed by atoms with Crippen LogP contribution in [0.15, 0.2) is 36.9 Å². The standard InChI is InChI=1S/C16H17N9/c1-25-10-11(7-22-25)14-9-21-16(24-15(14)19-5-4-17)23-13-3-2-12(6-18)20-8-13/h2-3,7-10H,4-5,17H2,1H3,(H2,19,21,23,24). The Kier molecular flexibility index (Phi) is 4.82. The first kappa shape index (κ1) is 16.4. The summed E-state index contributed by atoms with van der Waals surface area (Å²) in [6, 6.07) is 5.35. The van der Waals surface area contributed by atoms with Crippen LogP contribution in [0.1, 0.15) is 5.69 Å². The van der Waals surface area contributed by atoms with Gasteiger partial charge in [-0.25, -0.2) is 9.97 Å². The van der Waals surface area contributed by atoms with E-state index < -0.39 is 0 Å². The molecule has 0 saturated carbocycles. The fourth-order valence-electron chi connectivity index (χ4n) is 2.20. The number of pyridine rings is 1. The van der Waals surface area contributed by atoms with Crippen molar-refractivity contribution in [1.29, 1.82) is 5.26 Å². The van der Waals surface area contributed by atoms with Gasteiger partial charge in [0.25, 0.3) is 0 Å². The summed E-state index contributed by atoms with van der Waals surface area (Å²) in [5, 5.41) is 19.2. The van der Waals surface area contributed by atoms with E-state index in [0.29, 0.717) is 36.2 Å². The molecule has 126 valence electrons. The van der Waals surface area contributed by atoms with Gasteiger partial charge >= 0.3 is 0 Å². The first-order valence-electron chi connectivity index (χ1n) is 7.63. The number of nitrogens with zero attached hydrogens (tertiary/aromatic N) is 6. The molecule has 0 aromatic carbocycles. The van der Waals surface area contributed by atoms with Gasteiger partial charge in [0.2, 0.25) is 5.95 Å². The number of nitrogens with two attached hydrogens (primary N) is 1. The maximum Gasteiger partial charge on any atom is 0.229 e. The molecule has 0 fully saturated rings. The summed E-state index contributed by atoms with van der Waals surface area (Å²) in [5.41, 5.74) is 8.38. The van der Waals surface area contributed by atoms with E-state index in [0.717, 1.165) is 11.1 Å². The second kappa shape index (κ2) is 7.37. The third-order valence-electron chi connectivity index (χ3n) is 3.38. The quantitative estimate of drug-likeness (QED) is 0.613. The number of nitrogens with one attached hydrogen (secondary N) is 2. The Morgan fingerprint density at radius 1 is 1.24 bits per heavy atom. The van der Waals surface area contributed by atoms with Crippen LogP contribution in [0.3, 0.4) is 0 Å². The number of aromatic nitrogens is 5. The highest BCUT2D eigenvalue weighted by atomic mass is 15.2. The van der Waals surface area contributed by atoms with Crippen molar-refractivity contribution in [1.82, 2.24) is 24.7 Å². The summed E-state index contributed by atoms with van der Waals surface area (Å²) in [7, 11) is 1.85. The third kappa shape index (κ3) is 3.88. The number of anilines is 3. The summed E-state index contributed by atoms with van der Waals surface area (Å²) in [4.78, 5) is 12.9. The second-order valence-electron chi connectivity index (χ2n) is 5.24. The molecule has 9 nitrogen and oxygen atoms in total. The maximum absolute atomic E-state index is 8.79. The monoisotopic (exact) mass is 335 g/mol. The van der Waals surface area contributed by atoms with E-state index in [9.17, 15) is 0 Å². The Morgan fingerprint density at radius 3 is 2.76 bits per heavy atom. The number of hydrogen-bond donors (Lipinski definition) is 3. The first-order valence-corrected chi connectivity index (χ1v) is 7.63. The fraction of sp³-hybridized carbons (Fsp3) is 0.188. The molecule has 4 N–H and O–H groups in total. The van der Waals surface area contributed by atoms with Gasteiger partial charge in [0.1, 0.15) is 17.6 Å². The van der Waals surface area contributed by atoms with E-state index in [2.05, 4.69) is 30.7 Å². The third-order valence-corrected chi connectivity index (χ3v) is 3.38. The van der Waals surface area contributed by atoms with Gasteiger partial charge in [-0.1, -0.05) is 0 Å². The highest BCUT2D eigenvalue weighted by Crippen LogP contribution is 2.26. The van der Waals surface area contributed by atoms with Crippen LogP contribution in [-0.2, 0) is 7.05 Å². The smallest absolute Gasteiger partial charge is 0.229 e. The molecule has 0 unspecified atom stereocenters. The second-order valence-corrected chi connectivity index (χ2v) is 5.24. The predicted molar refractivity (Wildman–Crippen MR) is 94.0 cm³/mol. The van der Waals surface area contributed by atoms with Crippen LogP contribution in [0.5, 0.6) is 0 Å². The molecular weight excluding hydrogens is 318 g/mol. The van der Waals surface area contributed by atoms with Crippen LogP contribution < -0.4 is 16.4 Å². The van der Waals surface area contributed by atoms with Gasteiger partial charge in [0, 0.05) is 43.7 Å². The van der Waals surface area contributed by atoms with Gasteiger partial charge in [-0.05, 0) is 12.1 Å². The van der Waals surface area contributed by atoms with Crippen molar-refractivity contribution in [2.45, 2.75) is 0 Å². The predicted octanol–water partition coefficient (Wildman–Crippen LogP) is 1.26. The average Bonchev–Trinajstić information content (AvgIpc) is 3.07. The van der Waals surface area contributed by atoms with Crippen LogP contribution in [0, 0.1) is 11.3 Å². The van der Waals surface area contributed by atoms with Crippen molar-refractivity contribution in [3.63, 3.8) is 0 Å². The van der Waals surface area contributed by atoms with Crippen LogP contribution in [0.4, 0.5) is 17.5 Å². The molecule has 0 aliphatic carbocycles. The number of aryl methyl sites for hydroxylation is 1. The van der Waals surface area contributed by atoms with Gasteiger partial charge in [-0.15, -0.1) is 0 Å². The van der Waals surface area contributed by atoms with E-state index in [1.807, 2.05) is 19.3 Å². The number of rotatable bonds is 6. The molecule has 0 saturated heterocycles. The molecule has 0 amide bonds. The minimum atomic E-state index is 0.351. The molecule has 25 heavy (non-hydrogen) atoms. The highest BCUT2D eigenvalue weighted by Gasteiger charge is 2.11. The summed E-state index contributed by atoms with van der Waals surface area (Å²) in [6.45, 7) is 1.07. The zero-order chi connectivity index (χ0) is 17.6. The number of nitriles is 1. The molecule has 9 heteroatoms. The van der Waals surface area contributed by atoms with Crippen LogP contribution in [0.25, 0.3) is 11.1 Å². The highest BCUT2D eigenvalue weighted by molar-refractivity contribution is 5.74. The summed E-state index contributed by atoms with van der Waals surface area (Å²) >= 11 is 0. The summed E-state index contributed by atoms with van der Waals surface area (Å²) in [5.74, 6) is 1.08. The number of hydrogen-bond acceptors (Lipinski definition) is 8. The molecule has 3 heterocycles. The van der Waals surface area contributed by atoms with Crippen molar-refractivity contribution >= 4 is 17.5 Å². The molecule has 0 aliphatic heterocycles. The van der Waals surface area contributed by atoms with E-state index in [-0.39, 0.29) is 0 Å². The molecular formula is C16H17N9. The Balaban J connectivity index is 1.88. The molecule has 3 aromatic rings. The molecule has 0 aliphatic rings. The van der Waals surface area contributed by atoms with Crippen LogP contribution in [-0.4, -0.2) is 37.8 Å². The molecule has 0 spiro atoms. The normalized spacial score (nSPS) is 10.3. The zero-order valence-electron chi connectivity index (χ0n) is 13.6.